The van der Waals surface area contributed by atoms with Gasteiger partial charge in [-0.3, -0.25) is 0 Å². The number of hydrogen-bond acceptors (Lipinski definition) is 2. The van der Waals surface area contributed by atoms with Gasteiger partial charge in [0.1, 0.15) is 0 Å². The van der Waals surface area contributed by atoms with Crippen molar-refractivity contribution in [1.82, 2.24) is 10.2 Å². The molecule has 1 aliphatic rings. The number of carbonyl (C=O) groups excluding carboxylic acids is 1. The number of alkyl halides is 3. The molecule has 2 amide bonds. The molecule has 1 aliphatic heterocycles. The zero-order valence-electron chi connectivity index (χ0n) is 12.7. The fraction of sp³-hybridized carbons (Fsp3) is 0.562. The highest BCUT2D eigenvalue weighted by atomic mass is 19.4. The molecule has 7 heteroatoms. The van der Waals surface area contributed by atoms with Crippen LogP contribution < -0.4 is 5.32 Å². The normalized spacial score (nSPS) is 17.8. The average Bonchev–Trinajstić information content (AvgIpc) is 2.54. The van der Waals surface area contributed by atoms with Gasteiger partial charge in [-0.15, -0.1) is 0 Å². The maximum Gasteiger partial charge on any atom is 0.414 e. The quantitative estimate of drug-likeness (QED) is 0.891. The minimum atomic E-state index is -4.59. The number of aliphatic hydroxyl groups excluding tert-OH is 1. The molecule has 0 aliphatic carbocycles. The summed E-state index contributed by atoms with van der Waals surface area (Å²) in [6, 6.07) is 9.44. The fourth-order valence-electron chi connectivity index (χ4n) is 2.76. The number of likely N-dealkylation sites (tertiary alicyclic amines) is 1. The first-order chi connectivity index (χ1) is 10.9. The van der Waals surface area contributed by atoms with E-state index in [9.17, 15) is 23.1 Å². The molecule has 0 bridgehead atoms. The van der Waals surface area contributed by atoms with Crippen LogP contribution in [0.5, 0.6) is 0 Å². The van der Waals surface area contributed by atoms with Gasteiger partial charge >= 0.3 is 12.2 Å². The largest absolute Gasteiger partial charge is 0.414 e. The van der Waals surface area contributed by atoms with Crippen LogP contribution in [0.3, 0.4) is 0 Å². The number of benzene rings is 1. The highest BCUT2D eigenvalue weighted by Crippen LogP contribution is 2.31. The van der Waals surface area contributed by atoms with E-state index in [1.54, 1.807) is 0 Å². The van der Waals surface area contributed by atoms with E-state index >= 15 is 0 Å². The third kappa shape index (κ3) is 5.13. The number of rotatable bonds is 4. The standard InChI is InChI=1S/C16H21F3N2O2/c17-16(18,19)14(22)13-7-10-21(11-8-13)15(23)20-9-6-12-4-2-1-3-5-12/h1-5,13-14,22H,6-11H2,(H,20,23). The van der Waals surface area contributed by atoms with Crippen LogP contribution in [0, 0.1) is 5.92 Å². The van der Waals surface area contributed by atoms with E-state index in [1.807, 2.05) is 30.3 Å². The molecule has 0 aromatic heterocycles. The first-order valence-electron chi connectivity index (χ1n) is 7.69. The zero-order chi connectivity index (χ0) is 16.9. The van der Waals surface area contributed by atoms with E-state index in [1.165, 1.54) is 4.90 Å². The van der Waals surface area contributed by atoms with Gasteiger partial charge in [-0.25, -0.2) is 4.79 Å². The van der Waals surface area contributed by atoms with Crippen molar-refractivity contribution < 1.29 is 23.1 Å². The van der Waals surface area contributed by atoms with E-state index in [-0.39, 0.29) is 32.0 Å². The Balaban J connectivity index is 1.71. The van der Waals surface area contributed by atoms with Crippen molar-refractivity contribution >= 4 is 6.03 Å². The molecule has 0 radical (unpaired) electrons. The van der Waals surface area contributed by atoms with E-state index in [0.717, 1.165) is 5.56 Å². The molecule has 1 atom stereocenters. The van der Waals surface area contributed by atoms with Gasteiger partial charge in [0.25, 0.3) is 0 Å². The van der Waals surface area contributed by atoms with Crippen LogP contribution in [0.25, 0.3) is 0 Å². The summed E-state index contributed by atoms with van der Waals surface area (Å²) >= 11 is 0. The van der Waals surface area contributed by atoms with Crippen molar-refractivity contribution in [2.75, 3.05) is 19.6 Å². The number of hydrogen-bond donors (Lipinski definition) is 2. The number of aliphatic hydroxyl groups is 1. The smallest absolute Gasteiger partial charge is 0.383 e. The highest BCUT2D eigenvalue weighted by Gasteiger charge is 2.44. The lowest BCUT2D eigenvalue weighted by molar-refractivity contribution is -0.222. The van der Waals surface area contributed by atoms with Gasteiger partial charge in [-0.2, -0.15) is 13.2 Å². The molecule has 1 heterocycles. The summed E-state index contributed by atoms with van der Waals surface area (Å²) in [7, 11) is 0. The van der Waals surface area contributed by atoms with Crippen LogP contribution in [0.4, 0.5) is 18.0 Å². The Morgan fingerprint density at radius 2 is 1.87 bits per heavy atom. The lowest BCUT2D eigenvalue weighted by atomic mass is 9.91. The number of amides is 2. The van der Waals surface area contributed by atoms with Gasteiger partial charge in [0.05, 0.1) is 0 Å². The summed E-state index contributed by atoms with van der Waals surface area (Å²) in [5, 5.41) is 12.0. The van der Waals surface area contributed by atoms with Crippen LogP contribution in [0.15, 0.2) is 30.3 Å². The lowest BCUT2D eigenvalue weighted by Crippen LogP contribution is -2.48. The fourth-order valence-corrected chi connectivity index (χ4v) is 2.76. The van der Waals surface area contributed by atoms with Gasteiger partial charge in [0, 0.05) is 19.6 Å². The van der Waals surface area contributed by atoms with Crippen LogP contribution in [0.1, 0.15) is 18.4 Å². The van der Waals surface area contributed by atoms with Crippen LogP contribution in [-0.2, 0) is 6.42 Å². The van der Waals surface area contributed by atoms with Crippen molar-refractivity contribution in [2.24, 2.45) is 5.92 Å². The Morgan fingerprint density at radius 1 is 1.26 bits per heavy atom. The molecule has 2 rings (SSSR count). The molecule has 128 valence electrons. The zero-order valence-corrected chi connectivity index (χ0v) is 12.7. The molecule has 1 aromatic carbocycles. The van der Waals surface area contributed by atoms with Gasteiger partial charge in [-0.1, -0.05) is 30.3 Å². The second-order valence-corrected chi connectivity index (χ2v) is 5.78. The average molecular weight is 330 g/mol. The second-order valence-electron chi connectivity index (χ2n) is 5.78. The van der Waals surface area contributed by atoms with Crippen molar-refractivity contribution in [3.05, 3.63) is 35.9 Å². The molecule has 0 saturated carbocycles. The molecule has 23 heavy (non-hydrogen) atoms. The van der Waals surface area contributed by atoms with Crippen LogP contribution in [0.2, 0.25) is 0 Å². The monoisotopic (exact) mass is 330 g/mol. The number of piperidine rings is 1. The Kier molecular flexibility index (Phi) is 5.87. The molecule has 0 spiro atoms. The molecular weight excluding hydrogens is 309 g/mol. The van der Waals surface area contributed by atoms with E-state index < -0.39 is 18.2 Å². The third-order valence-electron chi connectivity index (χ3n) is 4.14. The summed E-state index contributed by atoms with van der Waals surface area (Å²) in [6.45, 7) is 0.942. The van der Waals surface area contributed by atoms with Crippen molar-refractivity contribution in [1.29, 1.82) is 0 Å². The molecule has 2 N–H and O–H groups in total. The Bertz CT molecular complexity index is 500. The lowest BCUT2D eigenvalue weighted by Gasteiger charge is -2.34. The molecule has 1 fully saturated rings. The summed E-state index contributed by atoms with van der Waals surface area (Å²) in [4.78, 5) is 13.5. The topological polar surface area (TPSA) is 52.6 Å². The van der Waals surface area contributed by atoms with Crippen molar-refractivity contribution in [3.8, 4) is 0 Å². The van der Waals surface area contributed by atoms with Crippen LogP contribution >= 0.6 is 0 Å². The SMILES string of the molecule is O=C(NCCc1ccccc1)N1CCC(C(O)C(F)(F)F)CC1. The summed E-state index contributed by atoms with van der Waals surface area (Å²) in [5.74, 6) is -0.830. The summed E-state index contributed by atoms with van der Waals surface area (Å²) in [6.07, 6.45) is -5.87. The Labute approximate surface area is 133 Å². The third-order valence-corrected chi connectivity index (χ3v) is 4.14. The molecule has 1 saturated heterocycles. The van der Waals surface area contributed by atoms with E-state index in [0.29, 0.717) is 13.0 Å². The predicted molar refractivity (Wildman–Crippen MR) is 79.9 cm³/mol. The maximum atomic E-state index is 12.5. The molecule has 1 aromatic rings. The van der Waals surface area contributed by atoms with Gasteiger partial charge in [0.2, 0.25) is 0 Å². The number of halogens is 3. The number of nitrogens with zero attached hydrogens (tertiary/aromatic N) is 1. The molecule has 1 unspecified atom stereocenters. The minimum absolute atomic E-state index is 0.160. The van der Waals surface area contributed by atoms with Gasteiger partial charge < -0.3 is 15.3 Å². The second kappa shape index (κ2) is 7.68. The first-order valence-corrected chi connectivity index (χ1v) is 7.69. The number of urea groups is 1. The van der Waals surface area contributed by atoms with E-state index in [2.05, 4.69) is 5.32 Å². The van der Waals surface area contributed by atoms with Crippen molar-refractivity contribution in [2.45, 2.75) is 31.5 Å². The number of nitrogens with one attached hydrogen (secondary N) is 1. The molecule has 4 nitrogen and oxygen atoms in total. The van der Waals surface area contributed by atoms with Gasteiger partial charge in [0.15, 0.2) is 6.10 Å². The summed E-state index contributed by atoms with van der Waals surface area (Å²) < 4.78 is 37.4. The number of carbonyl (C=O) groups is 1. The minimum Gasteiger partial charge on any atom is -0.383 e. The van der Waals surface area contributed by atoms with Crippen LogP contribution in [-0.4, -0.2) is 48.0 Å². The molecular formula is C16H21F3N2O2. The Hall–Kier alpha value is -1.76. The summed E-state index contributed by atoms with van der Waals surface area (Å²) in [5.41, 5.74) is 1.11. The van der Waals surface area contributed by atoms with Crippen molar-refractivity contribution in [3.63, 3.8) is 0 Å². The predicted octanol–water partition coefficient (Wildman–Crippen LogP) is 2.57. The van der Waals surface area contributed by atoms with E-state index in [4.69, 9.17) is 0 Å². The Morgan fingerprint density at radius 3 is 2.43 bits per heavy atom. The first kappa shape index (κ1) is 17.6. The highest BCUT2D eigenvalue weighted by molar-refractivity contribution is 5.74. The maximum absolute atomic E-state index is 12.5. The van der Waals surface area contributed by atoms with Gasteiger partial charge in [-0.05, 0) is 30.7 Å².